The average Bonchev–Trinajstić information content (AvgIpc) is 2.41. The summed E-state index contributed by atoms with van der Waals surface area (Å²) in [4.78, 5) is 3.85. The molecule has 88 valence electrons. The maximum absolute atomic E-state index is 13.3. The normalized spacial score (nSPS) is 35.5. The van der Waals surface area contributed by atoms with Gasteiger partial charge in [-0.15, -0.1) is 0 Å². The van der Waals surface area contributed by atoms with Gasteiger partial charge in [0, 0.05) is 19.3 Å². The Labute approximate surface area is 101 Å². The van der Waals surface area contributed by atoms with Crippen LogP contribution in [0.4, 0.5) is 4.39 Å². The van der Waals surface area contributed by atoms with Crippen molar-refractivity contribution in [2.45, 2.75) is 49.5 Å². The molecule has 0 atom stereocenters. The van der Waals surface area contributed by atoms with E-state index in [0.29, 0.717) is 0 Å². The summed E-state index contributed by atoms with van der Waals surface area (Å²) >= 11 is 0. The molecule has 3 aliphatic carbocycles. The van der Waals surface area contributed by atoms with Crippen LogP contribution in [0.1, 0.15) is 44.1 Å². The largest absolute Gasteiger partial charge is 0.310 e. The first kappa shape index (κ1) is 10.8. The van der Waals surface area contributed by atoms with E-state index in [0.717, 1.165) is 44.1 Å². The number of hydrogen-bond acceptors (Lipinski definition) is 0. The third-order valence-corrected chi connectivity index (χ3v) is 4.88. The van der Waals surface area contributed by atoms with Crippen molar-refractivity contribution in [3.8, 4) is 0 Å². The number of fused-ring (bicyclic) bond motifs is 3. The number of nitrogens with zero attached hydrogens (tertiary/aromatic N) is 1. The number of rotatable bonds is 1. The Morgan fingerprint density at radius 2 is 1.71 bits per heavy atom. The molecule has 0 saturated heterocycles. The SMILES string of the molecule is [C-]#[N+]C12CCC(c3cccc(F)c3)(CC1)CC2. The molecule has 1 nitrogen and oxygen atoms in total. The first-order valence-electron chi connectivity index (χ1n) is 6.33. The minimum absolute atomic E-state index is 0.0743. The van der Waals surface area contributed by atoms with Crippen LogP contribution < -0.4 is 0 Å². The van der Waals surface area contributed by atoms with Crippen LogP contribution in [0.2, 0.25) is 0 Å². The quantitative estimate of drug-likeness (QED) is 0.639. The minimum atomic E-state index is -0.135. The van der Waals surface area contributed by atoms with Gasteiger partial charge >= 0.3 is 0 Å². The second-order valence-corrected chi connectivity index (χ2v) is 5.63. The van der Waals surface area contributed by atoms with E-state index < -0.39 is 0 Å². The van der Waals surface area contributed by atoms with Crippen molar-refractivity contribution >= 4 is 0 Å². The van der Waals surface area contributed by atoms with Gasteiger partial charge < -0.3 is 4.85 Å². The van der Waals surface area contributed by atoms with E-state index in [1.807, 2.05) is 6.07 Å². The molecule has 2 heteroatoms. The monoisotopic (exact) mass is 229 g/mol. The van der Waals surface area contributed by atoms with Gasteiger partial charge in [0.1, 0.15) is 5.82 Å². The van der Waals surface area contributed by atoms with Crippen LogP contribution in [0.5, 0.6) is 0 Å². The highest BCUT2D eigenvalue weighted by Crippen LogP contribution is 2.55. The van der Waals surface area contributed by atoms with E-state index in [1.165, 1.54) is 6.07 Å². The maximum atomic E-state index is 13.3. The highest BCUT2D eigenvalue weighted by Gasteiger charge is 2.53. The van der Waals surface area contributed by atoms with E-state index in [1.54, 1.807) is 6.07 Å². The number of halogens is 1. The molecular weight excluding hydrogens is 213 g/mol. The van der Waals surface area contributed by atoms with Crippen molar-refractivity contribution < 1.29 is 4.39 Å². The van der Waals surface area contributed by atoms with E-state index in [-0.39, 0.29) is 16.8 Å². The van der Waals surface area contributed by atoms with Gasteiger partial charge in [-0.3, -0.25) is 0 Å². The fourth-order valence-corrected chi connectivity index (χ4v) is 3.58. The molecule has 3 saturated carbocycles. The molecule has 3 fully saturated rings. The van der Waals surface area contributed by atoms with Crippen molar-refractivity contribution in [1.82, 2.24) is 0 Å². The van der Waals surface area contributed by atoms with E-state index in [2.05, 4.69) is 10.9 Å². The van der Waals surface area contributed by atoms with E-state index in [4.69, 9.17) is 6.57 Å². The second kappa shape index (κ2) is 3.57. The lowest BCUT2D eigenvalue weighted by molar-refractivity contribution is 0.132. The Balaban J connectivity index is 1.93. The Morgan fingerprint density at radius 1 is 1.06 bits per heavy atom. The molecule has 0 aromatic heterocycles. The molecule has 0 N–H and O–H groups in total. The minimum Gasteiger partial charge on any atom is -0.310 e. The third-order valence-electron chi connectivity index (χ3n) is 4.88. The summed E-state index contributed by atoms with van der Waals surface area (Å²) in [5.41, 5.74) is 1.24. The third kappa shape index (κ3) is 1.57. The topological polar surface area (TPSA) is 4.36 Å². The Morgan fingerprint density at radius 3 is 2.24 bits per heavy atom. The first-order valence-corrected chi connectivity index (χ1v) is 6.33. The summed E-state index contributed by atoms with van der Waals surface area (Å²) in [6.45, 7) is 7.34. The van der Waals surface area contributed by atoms with Crippen molar-refractivity contribution in [2.75, 3.05) is 0 Å². The summed E-state index contributed by atoms with van der Waals surface area (Å²) in [6.07, 6.45) is 6.14. The summed E-state index contributed by atoms with van der Waals surface area (Å²) in [6, 6.07) is 7.06. The number of hydrogen-bond donors (Lipinski definition) is 0. The summed E-state index contributed by atoms with van der Waals surface area (Å²) in [5, 5.41) is 0. The smallest absolute Gasteiger partial charge is 0.232 e. The van der Waals surface area contributed by atoms with Crippen molar-refractivity contribution in [2.24, 2.45) is 0 Å². The zero-order valence-electron chi connectivity index (χ0n) is 9.88. The molecule has 1 aromatic carbocycles. The van der Waals surface area contributed by atoms with Crippen LogP contribution in [-0.2, 0) is 5.41 Å². The van der Waals surface area contributed by atoms with E-state index in [9.17, 15) is 4.39 Å². The molecule has 0 unspecified atom stereocenters. The maximum Gasteiger partial charge on any atom is 0.232 e. The predicted octanol–water partition coefficient (Wildman–Crippen LogP) is 4.09. The molecule has 0 amide bonds. The fraction of sp³-hybridized carbons (Fsp3) is 0.533. The highest BCUT2D eigenvalue weighted by molar-refractivity contribution is 5.30. The van der Waals surface area contributed by atoms with Gasteiger partial charge in [-0.1, -0.05) is 12.1 Å². The molecule has 0 radical (unpaired) electrons. The Bertz CT molecular complexity index is 461. The van der Waals surface area contributed by atoms with Gasteiger partial charge in [0.2, 0.25) is 5.54 Å². The predicted molar refractivity (Wildman–Crippen MR) is 65.1 cm³/mol. The fourth-order valence-electron chi connectivity index (χ4n) is 3.58. The van der Waals surface area contributed by atoms with Crippen molar-refractivity contribution in [1.29, 1.82) is 0 Å². The molecular formula is C15H16FN. The summed E-state index contributed by atoms with van der Waals surface area (Å²) in [7, 11) is 0. The van der Waals surface area contributed by atoms with Gasteiger partial charge in [-0.05, 0) is 42.4 Å². The van der Waals surface area contributed by atoms with Crippen LogP contribution in [-0.4, -0.2) is 5.54 Å². The molecule has 4 rings (SSSR count). The lowest BCUT2D eigenvalue weighted by Gasteiger charge is -2.47. The first-order chi connectivity index (χ1) is 8.18. The van der Waals surface area contributed by atoms with Gasteiger partial charge in [0.05, 0.1) is 0 Å². The lowest BCUT2D eigenvalue weighted by Crippen LogP contribution is -2.46. The van der Waals surface area contributed by atoms with Gasteiger partial charge in [0.25, 0.3) is 0 Å². The molecule has 0 spiro atoms. The van der Waals surface area contributed by atoms with Gasteiger partial charge in [0.15, 0.2) is 0 Å². The summed E-state index contributed by atoms with van der Waals surface area (Å²) < 4.78 is 13.3. The standard InChI is InChI=1S/C15H16FN/c1-17-15-8-5-14(6-9-15,7-10-15)12-3-2-4-13(16)11-12/h2-4,11H,5-10H2. The molecule has 17 heavy (non-hydrogen) atoms. The van der Waals surface area contributed by atoms with Crippen LogP contribution >= 0.6 is 0 Å². The second-order valence-electron chi connectivity index (χ2n) is 5.63. The van der Waals surface area contributed by atoms with Gasteiger partial charge in [-0.25, -0.2) is 11.0 Å². The molecule has 3 aliphatic rings. The van der Waals surface area contributed by atoms with Crippen LogP contribution in [0.15, 0.2) is 24.3 Å². The average molecular weight is 229 g/mol. The lowest BCUT2D eigenvalue weighted by atomic mass is 9.55. The van der Waals surface area contributed by atoms with Crippen LogP contribution in [0.25, 0.3) is 4.85 Å². The van der Waals surface area contributed by atoms with Crippen molar-refractivity contribution in [3.63, 3.8) is 0 Å². The van der Waals surface area contributed by atoms with Gasteiger partial charge in [-0.2, -0.15) is 0 Å². The van der Waals surface area contributed by atoms with E-state index >= 15 is 0 Å². The van der Waals surface area contributed by atoms with Crippen molar-refractivity contribution in [3.05, 3.63) is 47.1 Å². The molecule has 0 aliphatic heterocycles. The molecule has 2 bridgehead atoms. The highest BCUT2D eigenvalue weighted by atomic mass is 19.1. The van der Waals surface area contributed by atoms with Crippen LogP contribution in [0.3, 0.4) is 0 Å². The molecule has 1 aromatic rings. The Hall–Kier alpha value is -1.36. The zero-order valence-corrected chi connectivity index (χ0v) is 9.88. The Kier molecular flexibility index (Phi) is 2.26. The van der Waals surface area contributed by atoms with Crippen LogP contribution in [0, 0.1) is 12.4 Å². The zero-order chi connectivity index (χ0) is 11.9. The number of benzene rings is 1. The summed E-state index contributed by atoms with van der Waals surface area (Å²) in [5.74, 6) is -0.135. The molecule has 0 heterocycles.